The molecule has 2 fully saturated rings. The molecule has 1 aromatic heterocycles. The highest BCUT2D eigenvalue weighted by atomic mass is 19.2. The standard InChI is InChI=1S/C27H28F4N6O/c1-27(2)6-5-16-14-38-25-17(28)11-15(12-21(25)37(16)27)24-18(29)13-33-26(35-24)34-19-3-4-20(23(31)22(19)30)36-9-7-32-8-10-36/h3-4,11-13,16,32H,5-10,14H2,1-2H3,(H,33,34,35). The summed E-state index contributed by atoms with van der Waals surface area (Å²) >= 11 is 0. The van der Waals surface area contributed by atoms with Gasteiger partial charge in [-0.15, -0.1) is 0 Å². The number of benzene rings is 2. The molecule has 0 spiro atoms. The average Bonchev–Trinajstić information content (AvgIpc) is 3.23. The van der Waals surface area contributed by atoms with Crippen LogP contribution in [0.15, 0.2) is 30.5 Å². The molecule has 2 aromatic carbocycles. The molecule has 7 nitrogen and oxygen atoms in total. The fourth-order valence-corrected chi connectivity index (χ4v) is 5.70. The Morgan fingerprint density at radius 1 is 1.03 bits per heavy atom. The van der Waals surface area contributed by atoms with Crippen molar-refractivity contribution in [2.45, 2.75) is 38.3 Å². The molecule has 2 saturated heterocycles. The molecule has 2 N–H and O–H groups in total. The summed E-state index contributed by atoms with van der Waals surface area (Å²) < 4.78 is 65.7. The van der Waals surface area contributed by atoms with E-state index >= 15 is 4.39 Å². The predicted octanol–water partition coefficient (Wildman–Crippen LogP) is 4.99. The number of rotatable bonds is 4. The summed E-state index contributed by atoms with van der Waals surface area (Å²) in [6.45, 7) is 7.04. The number of anilines is 4. The van der Waals surface area contributed by atoms with Crippen LogP contribution in [-0.2, 0) is 0 Å². The van der Waals surface area contributed by atoms with Crippen molar-refractivity contribution in [3.8, 4) is 17.0 Å². The van der Waals surface area contributed by atoms with Crippen molar-refractivity contribution in [2.24, 2.45) is 0 Å². The molecule has 0 bridgehead atoms. The second-order valence-electron chi connectivity index (χ2n) is 10.5. The van der Waals surface area contributed by atoms with Gasteiger partial charge in [-0.05, 0) is 51.0 Å². The lowest BCUT2D eigenvalue weighted by molar-refractivity contribution is 0.252. The van der Waals surface area contributed by atoms with Crippen molar-refractivity contribution < 1.29 is 22.3 Å². The summed E-state index contributed by atoms with van der Waals surface area (Å²) in [6, 6.07) is 5.81. The predicted molar refractivity (Wildman–Crippen MR) is 137 cm³/mol. The highest BCUT2D eigenvalue weighted by Gasteiger charge is 2.44. The molecular weight excluding hydrogens is 500 g/mol. The Bertz CT molecular complexity index is 1390. The molecule has 1 unspecified atom stereocenters. The second kappa shape index (κ2) is 9.30. The van der Waals surface area contributed by atoms with Gasteiger partial charge in [0.25, 0.3) is 0 Å². The third-order valence-electron chi connectivity index (χ3n) is 7.59. The Morgan fingerprint density at radius 2 is 1.82 bits per heavy atom. The number of ether oxygens (including phenoxy) is 1. The van der Waals surface area contributed by atoms with Gasteiger partial charge in [-0.25, -0.2) is 27.5 Å². The Balaban J connectivity index is 1.33. The van der Waals surface area contributed by atoms with E-state index in [9.17, 15) is 13.2 Å². The largest absolute Gasteiger partial charge is 0.486 e. The van der Waals surface area contributed by atoms with Gasteiger partial charge >= 0.3 is 0 Å². The number of nitrogens with one attached hydrogen (secondary N) is 2. The molecule has 0 aliphatic carbocycles. The van der Waals surface area contributed by atoms with Crippen molar-refractivity contribution in [3.05, 3.63) is 53.7 Å². The van der Waals surface area contributed by atoms with Crippen molar-refractivity contribution in [1.29, 1.82) is 0 Å². The lowest BCUT2D eigenvalue weighted by atomic mass is 10.0. The van der Waals surface area contributed by atoms with Gasteiger partial charge in [0.1, 0.15) is 12.3 Å². The summed E-state index contributed by atoms with van der Waals surface area (Å²) in [4.78, 5) is 12.0. The highest BCUT2D eigenvalue weighted by molar-refractivity contribution is 5.74. The quantitative estimate of drug-likeness (QED) is 0.463. The monoisotopic (exact) mass is 528 g/mol. The first-order valence-electron chi connectivity index (χ1n) is 12.7. The lowest BCUT2D eigenvalue weighted by Crippen LogP contribution is -2.48. The molecule has 0 radical (unpaired) electrons. The van der Waals surface area contributed by atoms with Crippen LogP contribution >= 0.6 is 0 Å². The van der Waals surface area contributed by atoms with Crippen LogP contribution in [0.2, 0.25) is 0 Å². The molecule has 200 valence electrons. The van der Waals surface area contributed by atoms with Crippen molar-refractivity contribution in [2.75, 3.05) is 47.9 Å². The molecule has 4 heterocycles. The molecule has 38 heavy (non-hydrogen) atoms. The Kier molecular flexibility index (Phi) is 6.05. The van der Waals surface area contributed by atoms with E-state index in [2.05, 4.69) is 39.3 Å². The molecule has 11 heteroatoms. The van der Waals surface area contributed by atoms with E-state index < -0.39 is 23.3 Å². The molecule has 6 rings (SSSR count). The van der Waals surface area contributed by atoms with Crippen LogP contribution in [-0.4, -0.2) is 54.3 Å². The van der Waals surface area contributed by atoms with E-state index in [1.54, 1.807) is 11.0 Å². The van der Waals surface area contributed by atoms with Gasteiger partial charge in [-0.2, -0.15) is 0 Å². The van der Waals surface area contributed by atoms with Crippen molar-refractivity contribution >= 4 is 23.0 Å². The van der Waals surface area contributed by atoms with Gasteiger partial charge in [-0.3, -0.25) is 0 Å². The van der Waals surface area contributed by atoms with Gasteiger partial charge in [0.2, 0.25) is 5.95 Å². The molecule has 0 saturated carbocycles. The number of hydrogen-bond acceptors (Lipinski definition) is 7. The van der Waals surface area contributed by atoms with Gasteiger partial charge in [0.05, 0.1) is 29.3 Å². The summed E-state index contributed by atoms with van der Waals surface area (Å²) in [5.74, 6) is -3.49. The van der Waals surface area contributed by atoms with Gasteiger partial charge < -0.3 is 25.2 Å². The summed E-state index contributed by atoms with van der Waals surface area (Å²) in [5.41, 5.74) is 0.334. The maximum Gasteiger partial charge on any atom is 0.228 e. The fraction of sp³-hybridized carbons (Fsp3) is 0.407. The summed E-state index contributed by atoms with van der Waals surface area (Å²) in [5, 5.41) is 5.81. The SMILES string of the molecule is CC1(C)CCC2COc3c(F)cc(-c4nc(Nc5ccc(N6CCNCC6)c(F)c5F)ncc4F)cc3N21. The average molecular weight is 529 g/mol. The van der Waals surface area contributed by atoms with Gasteiger partial charge in [0.15, 0.2) is 29.0 Å². The van der Waals surface area contributed by atoms with Crippen LogP contribution in [0.1, 0.15) is 26.7 Å². The molecule has 1 atom stereocenters. The van der Waals surface area contributed by atoms with Crippen LogP contribution in [0.4, 0.5) is 40.6 Å². The first kappa shape index (κ1) is 24.7. The minimum atomic E-state index is -1.09. The number of piperazine rings is 1. The van der Waals surface area contributed by atoms with Crippen LogP contribution in [0.5, 0.6) is 5.75 Å². The number of aromatic nitrogens is 2. The smallest absolute Gasteiger partial charge is 0.228 e. The zero-order valence-electron chi connectivity index (χ0n) is 21.1. The molecule has 3 aromatic rings. The van der Waals surface area contributed by atoms with Gasteiger partial charge in [0, 0.05) is 37.3 Å². The van der Waals surface area contributed by atoms with Crippen molar-refractivity contribution in [3.63, 3.8) is 0 Å². The minimum Gasteiger partial charge on any atom is -0.486 e. The Labute approximate surface area is 217 Å². The maximum absolute atomic E-state index is 15.2. The van der Waals surface area contributed by atoms with Crippen LogP contribution in [0.3, 0.4) is 0 Å². The van der Waals surface area contributed by atoms with E-state index in [4.69, 9.17) is 4.74 Å². The van der Waals surface area contributed by atoms with Gasteiger partial charge in [-0.1, -0.05) is 0 Å². The van der Waals surface area contributed by atoms with Crippen LogP contribution < -0.4 is 25.2 Å². The maximum atomic E-state index is 15.2. The first-order valence-corrected chi connectivity index (χ1v) is 12.7. The third-order valence-corrected chi connectivity index (χ3v) is 7.59. The number of fused-ring (bicyclic) bond motifs is 3. The van der Waals surface area contributed by atoms with Crippen LogP contribution in [0, 0.1) is 23.3 Å². The Morgan fingerprint density at radius 3 is 2.61 bits per heavy atom. The summed E-state index contributed by atoms with van der Waals surface area (Å²) in [6.07, 6.45) is 2.74. The van der Waals surface area contributed by atoms with E-state index in [1.165, 1.54) is 18.2 Å². The molecule has 0 amide bonds. The van der Waals surface area contributed by atoms with E-state index in [0.29, 0.717) is 38.5 Å². The first-order chi connectivity index (χ1) is 18.2. The number of nitrogens with zero attached hydrogens (tertiary/aromatic N) is 4. The van der Waals surface area contributed by atoms with Crippen molar-refractivity contribution in [1.82, 2.24) is 15.3 Å². The third kappa shape index (κ3) is 4.18. The zero-order chi connectivity index (χ0) is 26.6. The normalized spacial score (nSPS) is 20.1. The fourth-order valence-electron chi connectivity index (χ4n) is 5.70. The minimum absolute atomic E-state index is 0.0988. The molecule has 3 aliphatic rings. The molecular formula is C27H28F4N6O. The topological polar surface area (TPSA) is 65.5 Å². The lowest BCUT2D eigenvalue weighted by Gasteiger charge is -2.42. The Hall–Kier alpha value is -3.60. The zero-order valence-corrected chi connectivity index (χ0v) is 21.1. The molecule has 3 aliphatic heterocycles. The second-order valence-corrected chi connectivity index (χ2v) is 10.5. The summed E-state index contributed by atoms with van der Waals surface area (Å²) in [7, 11) is 0. The highest BCUT2D eigenvalue weighted by Crippen LogP contribution is 2.48. The van der Waals surface area contributed by atoms with E-state index in [1.807, 2.05) is 0 Å². The number of halogens is 4. The number of hydrogen-bond donors (Lipinski definition) is 2. The van der Waals surface area contributed by atoms with E-state index in [0.717, 1.165) is 19.0 Å². The van der Waals surface area contributed by atoms with E-state index in [-0.39, 0.29) is 45.9 Å². The van der Waals surface area contributed by atoms with Crippen LogP contribution in [0.25, 0.3) is 11.3 Å².